The number of allylic oxidation sites excluding steroid dienone is 1. The van der Waals surface area contributed by atoms with Gasteiger partial charge in [0.1, 0.15) is 5.75 Å². The maximum Gasteiger partial charge on any atom is 0.303 e. The Labute approximate surface area is 188 Å². The maximum atomic E-state index is 14.4. The summed E-state index contributed by atoms with van der Waals surface area (Å²) in [5.74, 6) is -3.03. The highest BCUT2D eigenvalue weighted by atomic mass is 35.5. The van der Waals surface area contributed by atoms with Crippen molar-refractivity contribution in [3.8, 4) is 5.75 Å². The van der Waals surface area contributed by atoms with E-state index in [2.05, 4.69) is 0 Å². The number of halogens is 3. The first-order chi connectivity index (χ1) is 14.5. The van der Waals surface area contributed by atoms with E-state index in [9.17, 15) is 13.6 Å². The van der Waals surface area contributed by atoms with Crippen molar-refractivity contribution in [3.63, 3.8) is 0 Å². The highest BCUT2D eigenvalue weighted by Gasteiger charge is 2.41. The van der Waals surface area contributed by atoms with Gasteiger partial charge in [-0.2, -0.15) is 0 Å². The lowest BCUT2D eigenvalue weighted by molar-refractivity contribution is -0.136. The van der Waals surface area contributed by atoms with Gasteiger partial charge in [-0.05, 0) is 65.8 Å². The van der Waals surface area contributed by atoms with Crippen LogP contribution in [0.1, 0.15) is 42.4 Å². The second-order valence-electron chi connectivity index (χ2n) is 8.60. The number of ether oxygens (including phenoxy) is 1. The van der Waals surface area contributed by atoms with Gasteiger partial charge in [-0.3, -0.25) is 4.79 Å². The molecular weight excluding hydrogens is 419 g/mol. The van der Waals surface area contributed by atoms with Crippen molar-refractivity contribution in [1.29, 1.82) is 0 Å². The lowest BCUT2D eigenvalue weighted by Gasteiger charge is -2.38. The Morgan fingerprint density at radius 1 is 1.23 bits per heavy atom. The number of carboxylic acid groups (broad SMARTS) is 1. The summed E-state index contributed by atoms with van der Waals surface area (Å²) in [6.07, 6.45) is 0.203. The van der Waals surface area contributed by atoms with Crippen molar-refractivity contribution in [2.24, 2.45) is 0 Å². The van der Waals surface area contributed by atoms with Gasteiger partial charge in [0.05, 0.1) is 5.40 Å². The maximum absolute atomic E-state index is 14.4. The van der Waals surface area contributed by atoms with E-state index in [0.29, 0.717) is 22.8 Å². The summed E-state index contributed by atoms with van der Waals surface area (Å²) >= 11 is 6.01. The topological polar surface area (TPSA) is 46.5 Å². The average molecular weight is 445 g/mol. The Balaban J connectivity index is 1.93. The molecule has 0 fully saturated rings. The van der Waals surface area contributed by atoms with Crippen LogP contribution in [0.25, 0.3) is 5.57 Å². The molecule has 0 aromatic heterocycles. The average Bonchev–Trinajstić information content (AvgIpc) is 2.68. The summed E-state index contributed by atoms with van der Waals surface area (Å²) in [6.45, 7) is 1.87. The SMILES string of the molecule is BC(B)(Oc1ccc(CCC(=O)O)cc1C)C1=C(c2ccc(Cl)cc2)CCC(F)(F)C1. The van der Waals surface area contributed by atoms with Crippen LogP contribution in [0.5, 0.6) is 5.75 Å². The third kappa shape index (κ3) is 5.91. The molecule has 2 aromatic carbocycles. The van der Waals surface area contributed by atoms with Gasteiger partial charge in [-0.15, -0.1) is 0 Å². The minimum Gasteiger partial charge on any atom is -0.501 e. The Hall–Kier alpha value is -2.27. The number of carboxylic acids is 1. The molecule has 0 unspecified atom stereocenters. The molecule has 2 aromatic rings. The molecule has 0 aliphatic heterocycles. The van der Waals surface area contributed by atoms with Crippen LogP contribution in [0.15, 0.2) is 48.0 Å². The summed E-state index contributed by atoms with van der Waals surface area (Å²) in [5, 5.41) is 8.52. The quantitative estimate of drug-likeness (QED) is 0.650. The fourth-order valence-electron chi connectivity index (χ4n) is 4.03. The molecule has 8 heteroatoms. The van der Waals surface area contributed by atoms with Crippen molar-refractivity contribution < 1.29 is 23.4 Å². The summed E-state index contributed by atoms with van der Waals surface area (Å²) in [5.41, 5.74) is 4.08. The van der Waals surface area contributed by atoms with Crippen LogP contribution in [0.4, 0.5) is 8.78 Å². The number of carbonyl (C=O) groups is 1. The Kier molecular flexibility index (Phi) is 6.85. The van der Waals surface area contributed by atoms with Gasteiger partial charge in [0.15, 0.2) is 15.7 Å². The highest BCUT2D eigenvalue weighted by molar-refractivity contribution is 6.42. The summed E-state index contributed by atoms with van der Waals surface area (Å²) < 4.78 is 35.1. The number of hydrogen-bond donors (Lipinski definition) is 1. The number of hydrogen-bond acceptors (Lipinski definition) is 2. The molecule has 162 valence electrons. The van der Waals surface area contributed by atoms with Crippen molar-refractivity contribution >= 4 is 38.8 Å². The highest BCUT2D eigenvalue weighted by Crippen LogP contribution is 2.44. The van der Waals surface area contributed by atoms with E-state index in [0.717, 1.165) is 22.3 Å². The van der Waals surface area contributed by atoms with Gasteiger partial charge >= 0.3 is 5.97 Å². The van der Waals surface area contributed by atoms with Crippen molar-refractivity contribution in [2.75, 3.05) is 0 Å². The van der Waals surface area contributed by atoms with Crippen LogP contribution >= 0.6 is 11.6 Å². The molecular formula is C23H25B2ClF2O3. The van der Waals surface area contributed by atoms with E-state index >= 15 is 0 Å². The molecule has 0 spiro atoms. The zero-order chi connectivity index (χ0) is 22.8. The van der Waals surface area contributed by atoms with Crippen molar-refractivity contribution in [2.45, 2.75) is 50.4 Å². The zero-order valence-corrected chi connectivity index (χ0v) is 18.7. The molecule has 0 amide bonds. The predicted molar refractivity (Wildman–Crippen MR) is 125 cm³/mol. The summed E-state index contributed by atoms with van der Waals surface area (Å²) in [4.78, 5) is 10.8. The number of benzene rings is 2. The lowest BCUT2D eigenvalue weighted by atomic mass is 9.57. The van der Waals surface area contributed by atoms with Crippen LogP contribution in [-0.4, -0.2) is 38.1 Å². The van der Waals surface area contributed by atoms with Gasteiger partial charge in [0.25, 0.3) is 5.92 Å². The normalized spacial score (nSPS) is 16.3. The van der Waals surface area contributed by atoms with Crippen molar-refractivity contribution in [3.05, 3.63) is 69.8 Å². The summed E-state index contributed by atoms with van der Waals surface area (Å²) in [6, 6.07) is 12.8. The van der Waals surface area contributed by atoms with Crippen LogP contribution < -0.4 is 4.74 Å². The van der Waals surface area contributed by atoms with E-state index in [1.807, 2.05) is 46.9 Å². The third-order valence-corrected chi connectivity index (χ3v) is 5.94. The molecule has 0 heterocycles. The van der Waals surface area contributed by atoms with E-state index in [1.165, 1.54) is 0 Å². The monoisotopic (exact) mass is 444 g/mol. The molecule has 3 rings (SSSR count). The number of aryl methyl sites for hydroxylation is 2. The first-order valence-electron chi connectivity index (χ1n) is 10.3. The van der Waals surface area contributed by atoms with Gasteiger partial charge in [0.2, 0.25) is 0 Å². The lowest BCUT2D eigenvalue weighted by Crippen LogP contribution is -2.43. The molecule has 0 radical (unpaired) electrons. The van der Waals surface area contributed by atoms with E-state index in [-0.39, 0.29) is 25.7 Å². The molecule has 1 N–H and O–H groups in total. The molecule has 1 aliphatic rings. The molecule has 1 aliphatic carbocycles. The first-order valence-corrected chi connectivity index (χ1v) is 10.7. The van der Waals surface area contributed by atoms with E-state index < -0.39 is 17.3 Å². The number of alkyl halides is 2. The minimum absolute atomic E-state index is 0.0531. The van der Waals surface area contributed by atoms with Gasteiger partial charge in [0, 0.05) is 24.3 Å². The summed E-state index contributed by atoms with van der Waals surface area (Å²) in [7, 11) is 3.63. The van der Waals surface area contributed by atoms with Crippen LogP contribution in [0.3, 0.4) is 0 Å². The van der Waals surface area contributed by atoms with E-state index in [1.54, 1.807) is 18.2 Å². The second kappa shape index (κ2) is 9.07. The van der Waals surface area contributed by atoms with Crippen LogP contribution in [0, 0.1) is 6.92 Å². The molecule has 0 saturated heterocycles. The molecule has 3 nitrogen and oxygen atoms in total. The minimum atomic E-state index is -2.78. The van der Waals surface area contributed by atoms with Gasteiger partial charge in [-0.25, -0.2) is 8.78 Å². The molecule has 31 heavy (non-hydrogen) atoms. The van der Waals surface area contributed by atoms with Gasteiger partial charge in [-0.1, -0.05) is 35.9 Å². The molecule has 0 saturated carbocycles. The number of aliphatic carboxylic acids is 1. The largest absolute Gasteiger partial charge is 0.501 e. The first kappa shape index (κ1) is 23.4. The van der Waals surface area contributed by atoms with E-state index in [4.69, 9.17) is 21.4 Å². The zero-order valence-electron chi connectivity index (χ0n) is 18.0. The van der Waals surface area contributed by atoms with Crippen LogP contribution in [-0.2, 0) is 11.2 Å². The Morgan fingerprint density at radius 3 is 2.52 bits per heavy atom. The Bertz CT molecular complexity index is 1000. The molecule has 0 bridgehead atoms. The van der Waals surface area contributed by atoms with Gasteiger partial charge < -0.3 is 9.84 Å². The van der Waals surface area contributed by atoms with Crippen LogP contribution in [0.2, 0.25) is 5.02 Å². The fraction of sp³-hybridized carbons (Fsp3) is 0.348. The van der Waals surface area contributed by atoms with Crippen molar-refractivity contribution in [1.82, 2.24) is 0 Å². The standard InChI is InChI=1S/C23H25B2ClF2O3/c1-14-12-15(3-9-21(29)30)2-8-20(14)31-23(24,25)19-13-22(27,28)11-10-18(19)16-4-6-17(26)7-5-16/h2,4-8,12H,3,9-11,13,24-25H2,1H3,(H,29,30). The number of rotatable bonds is 7. The predicted octanol–water partition coefficient (Wildman–Crippen LogP) is 4.24. The second-order valence-corrected chi connectivity index (χ2v) is 9.04. The molecule has 0 atom stereocenters. The smallest absolute Gasteiger partial charge is 0.303 e. The fourth-order valence-corrected chi connectivity index (χ4v) is 4.15. The third-order valence-electron chi connectivity index (χ3n) is 5.69. The Morgan fingerprint density at radius 2 is 1.90 bits per heavy atom.